The average Bonchev–Trinajstić information content (AvgIpc) is 2.37. The Balaban J connectivity index is 2.30. The molecule has 0 unspecified atom stereocenters. The van der Waals surface area contributed by atoms with Crippen molar-refractivity contribution in [1.82, 2.24) is 0 Å². The Labute approximate surface area is 109 Å². The highest BCUT2D eigenvalue weighted by Crippen LogP contribution is 2.35. The summed E-state index contributed by atoms with van der Waals surface area (Å²) in [5, 5.41) is 0. The maximum atomic E-state index is 13.5. The number of nitrogen functional groups attached to an aromatic ring is 1. The lowest BCUT2D eigenvalue weighted by Gasteiger charge is -2.12. The molecular formula is C14H13F2NO2. The van der Waals surface area contributed by atoms with Crippen molar-refractivity contribution in [2.24, 2.45) is 0 Å². The number of hydrogen-bond donors (Lipinski definition) is 1. The predicted octanol–water partition coefficient (Wildman–Crippen LogP) is 3.74. The number of benzene rings is 2. The molecule has 3 nitrogen and oxygen atoms in total. The lowest BCUT2D eigenvalue weighted by atomic mass is 10.2. The van der Waals surface area contributed by atoms with E-state index in [-0.39, 0.29) is 17.2 Å². The standard InChI is InChI=1S/C14H13F2NO2/c1-2-18-12-4-3-5-13(14(12)17)19-11-7-6-9(15)8-10(11)16/h3-8H,2,17H2,1H3. The lowest BCUT2D eigenvalue weighted by molar-refractivity contribution is 0.340. The first-order valence-corrected chi connectivity index (χ1v) is 5.76. The molecule has 0 aliphatic rings. The Hall–Kier alpha value is -2.30. The molecule has 0 spiro atoms. The molecule has 0 radical (unpaired) electrons. The number of rotatable bonds is 4. The maximum Gasteiger partial charge on any atom is 0.168 e. The number of hydrogen-bond acceptors (Lipinski definition) is 3. The molecule has 100 valence electrons. The molecule has 2 N–H and O–H groups in total. The predicted molar refractivity (Wildman–Crippen MR) is 68.5 cm³/mol. The van der Waals surface area contributed by atoms with Gasteiger partial charge >= 0.3 is 0 Å². The van der Waals surface area contributed by atoms with Crippen molar-refractivity contribution < 1.29 is 18.3 Å². The first-order valence-electron chi connectivity index (χ1n) is 5.76. The number of anilines is 1. The fraction of sp³-hybridized carbons (Fsp3) is 0.143. The summed E-state index contributed by atoms with van der Waals surface area (Å²) in [5.41, 5.74) is 6.12. The Kier molecular flexibility index (Phi) is 3.85. The summed E-state index contributed by atoms with van der Waals surface area (Å²) >= 11 is 0. The zero-order chi connectivity index (χ0) is 13.8. The SMILES string of the molecule is CCOc1cccc(Oc2ccc(F)cc2F)c1N. The van der Waals surface area contributed by atoms with Gasteiger partial charge in [0.1, 0.15) is 17.3 Å². The molecule has 0 bridgehead atoms. The minimum Gasteiger partial charge on any atom is -0.492 e. The summed E-state index contributed by atoms with van der Waals surface area (Å²) < 4.78 is 36.9. The van der Waals surface area contributed by atoms with E-state index in [1.165, 1.54) is 6.07 Å². The minimum atomic E-state index is -0.791. The van der Waals surface area contributed by atoms with E-state index in [4.69, 9.17) is 15.2 Å². The van der Waals surface area contributed by atoms with Crippen LogP contribution in [0.15, 0.2) is 36.4 Å². The average molecular weight is 265 g/mol. The van der Waals surface area contributed by atoms with Crippen molar-refractivity contribution in [3.05, 3.63) is 48.0 Å². The highest BCUT2D eigenvalue weighted by Gasteiger charge is 2.11. The third kappa shape index (κ3) is 2.93. The largest absolute Gasteiger partial charge is 0.492 e. The van der Waals surface area contributed by atoms with Crippen LogP contribution in [0.3, 0.4) is 0 Å². The first kappa shape index (κ1) is 13.1. The van der Waals surface area contributed by atoms with Crippen LogP contribution in [-0.4, -0.2) is 6.61 Å². The van der Waals surface area contributed by atoms with Crippen LogP contribution in [-0.2, 0) is 0 Å². The fourth-order valence-electron chi connectivity index (χ4n) is 1.57. The molecule has 2 aromatic rings. The normalized spacial score (nSPS) is 10.3. The molecule has 0 saturated heterocycles. The third-order valence-corrected chi connectivity index (χ3v) is 2.44. The van der Waals surface area contributed by atoms with Crippen molar-refractivity contribution in [3.8, 4) is 17.2 Å². The van der Waals surface area contributed by atoms with E-state index in [1.807, 2.05) is 6.92 Å². The number of nitrogens with two attached hydrogens (primary N) is 1. The van der Waals surface area contributed by atoms with Crippen LogP contribution >= 0.6 is 0 Å². The molecule has 0 atom stereocenters. The minimum absolute atomic E-state index is 0.0956. The number of ether oxygens (including phenoxy) is 2. The summed E-state index contributed by atoms with van der Waals surface area (Å²) in [4.78, 5) is 0. The zero-order valence-electron chi connectivity index (χ0n) is 10.3. The van der Waals surface area contributed by atoms with Gasteiger partial charge in [0.2, 0.25) is 0 Å². The van der Waals surface area contributed by atoms with E-state index in [1.54, 1.807) is 18.2 Å². The van der Waals surface area contributed by atoms with Gasteiger partial charge in [-0.05, 0) is 31.2 Å². The second kappa shape index (κ2) is 5.56. The monoisotopic (exact) mass is 265 g/mol. The van der Waals surface area contributed by atoms with Crippen molar-refractivity contribution in [2.45, 2.75) is 6.92 Å². The molecule has 19 heavy (non-hydrogen) atoms. The second-order valence-electron chi connectivity index (χ2n) is 3.78. The molecule has 2 aromatic carbocycles. The lowest BCUT2D eigenvalue weighted by Crippen LogP contribution is -1.99. The van der Waals surface area contributed by atoms with Gasteiger partial charge in [0.15, 0.2) is 17.3 Å². The van der Waals surface area contributed by atoms with Gasteiger partial charge in [0, 0.05) is 6.07 Å². The van der Waals surface area contributed by atoms with Gasteiger partial charge in [-0.2, -0.15) is 0 Å². The van der Waals surface area contributed by atoms with Gasteiger partial charge in [0.05, 0.1) is 6.61 Å². The number of halogens is 2. The quantitative estimate of drug-likeness (QED) is 0.856. The summed E-state index contributed by atoms with van der Waals surface area (Å²) in [7, 11) is 0. The maximum absolute atomic E-state index is 13.5. The van der Waals surface area contributed by atoms with Crippen LogP contribution in [0.25, 0.3) is 0 Å². The topological polar surface area (TPSA) is 44.5 Å². The van der Waals surface area contributed by atoms with Gasteiger partial charge in [-0.1, -0.05) is 6.07 Å². The Bertz CT molecular complexity index is 588. The van der Waals surface area contributed by atoms with E-state index in [0.717, 1.165) is 12.1 Å². The van der Waals surface area contributed by atoms with Crippen LogP contribution in [0, 0.1) is 11.6 Å². The highest BCUT2D eigenvalue weighted by molar-refractivity contribution is 5.63. The van der Waals surface area contributed by atoms with E-state index >= 15 is 0 Å². The highest BCUT2D eigenvalue weighted by atomic mass is 19.1. The fourth-order valence-corrected chi connectivity index (χ4v) is 1.57. The molecular weight excluding hydrogens is 252 g/mol. The molecule has 0 heterocycles. The Morgan fingerprint density at radius 1 is 1.05 bits per heavy atom. The molecule has 5 heteroatoms. The van der Waals surface area contributed by atoms with E-state index < -0.39 is 11.6 Å². The summed E-state index contributed by atoms with van der Waals surface area (Å²) in [6.07, 6.45) is 0. The van der Waals surface area contributed by atoms with Crippen molar-refractivity contribution >= 4 is 5.69 Å². The van der Waals surface area contributed by atoms with Crippen LogP contribution in [0.2, 0.25) is 0 Å². The van der Waals surface area contributed by atoms with Crippen LogP contribution < -0.4 is 15.2 Å². The van der Waals surface area contributed by atoms with Gasteiger partial charge < -0.3 is 15.2 Å². The first-order chi connectivity index (χ1) is 9.11. The summed E-state index contributed by atoms with van der Waals surface area (Å²) in [5.74, 6) is -0.831. The second-order valence-corrected chi connectivity index (χ2v) is 3.78. The van der Waals surface area contributed by atoms with E-state index in [9.17, 15) is 8.78 Å². The molecule has 0 fully saturated rings. The molecule has 0 saturated carbocycles. The molecule has 0 aromatic heterocycles. The van der Waals surface area contributed by atoms with Crippen LogP contribution in [0.1, 0.15) is 6.92 Å². The number of para-hydroxylation sites is 1. The summed E-state index contributed by atoms with van der Waals surface area (Å²) in [6, 6.07) is 8.02. The van der Waals surface area contributed by atoms with Gasteiger partial charge in [-0.25, -0.2) is 8.78 Å². The van der Waals surface area contributed by atoms with Crippen molar-refractivity contribution in [3.63, 3.8) is 0 Å². The smallest absolute Gasteiger partial charge is 0.168 e. The zero-order valence-corrected chi connectivity index (χ0v) is 10.3. The van der Waals surface area contributed by atoms with Crippen LogP contribution in [0.5, 0.6) is 17.2 Å². The summed E-state index contributed by atoms with van der Waals surface area (Å²) in [6.45, 7) is 2.28. The van der Waals surface area contributed by atoms with Crippen molar-refractivity contribution in [2.75, 3.05) is 12.3 Å². The van der Waals surface area contributed by atoms with Crippen molar-refractivity contribution in [1.29, 1.82) is 0 Å². The third-order valence-electron chi connectivity index (χ3n) is 2.44. The van der Waals surface area contributed by atoms with E-state index in [0.29, 0.717) is 12.4 Å². The van der Waals surface area contributed by atoms with Gasteiger partial charge in [-0.3, -0.25) is 0 Å². The Morgan fingerprint density at radius 2 is 1.79 bits per heavy atom. The molecule has 0 aliphatic carbocycles. The van der Waals surface area contributed by atoms with Gasteiger partial charge in [0.25, 0.3) is 0 Å². The molecule has 2 rings (SSSR count). The van der Waals surface area contributed by atoms with Crippen LogP contribution in [0.4, 0.5) is 14.5 Å². The Morgan fingerprint density at radius 3 is 2.47 bits per heavy atom. The molecule has 0 aliphatic heterocycles. The molecule has 0 amide bonds. The van der Waals surface area contributed by atoms with E-state index in [2.05, 4.69) is 0 Å². The van der Waals surface area contributed by atoms with Gasteiger partial charge in [-0.15, -0.1) is 0 Å².